The fraction of sp³-hybridized carbons (Fsp3) is 0.500. The van der Waals surface area contributed by atoms with Crippen molar-refractivity contribution in [1.29, 1.82) is 0 Å². The molecule has 0 aromatic heterocycles. The van der Waals surface area contributed by atoms with Crippen LogP contribution in [0.1, 0.15) is 49.8 Å². The van der Waals surface area contributed by atoms with Gasteiger partial charge in [0.1, 0.15) is 0 Å². The first kappa shape index (κ1) is 13.1. The number of aliphatic imine (C=N–C) groups is 1. The summed E-state index contributed by atoms with van der Waals surface area (Å²) >= 11 is 4.74. The minimum Gasteiger partial charge on any atom is -0.194 e. The van der Waals surface area contributed by atoms with E-state index >= 15 is 0 Å². The Kier molecular flexibility index (Phi) is 4.85. The average molecular weight is 233 g/mol. The van der Waals surface area contributed by atoms with E-state index < -0.39 is 0 Å². The number of hydrogen-bond donors (Lipinski definition) is 0. The molecule has 0 radical (unpaired) electrons. The molecule has 1 aromatic carbocycles. The standard InChI is InChI=1S/C14H19NS/c1-5-11(4)13-8-10(3)7-12(6-2)14(13)15-9-16/h7-8,11H,5-6H2,1-4H3. The van der Waals surface area contributed by atoms with Gasteiger partial charge in [-0.05, 0) is 49.0 Å². The van der Waals surface area contributed by atoms with Crippen molar-refractivity contribution in [3.63, 3.8) is 0 Å². The molecule has 1 aromatic rings. The molecule has 0 saturated heterocycles. The molecule has 0 bridgehead atoms. The van der Waals surface area contributed by atoms with E-state index in [0.717, 1.165) is 18.5 Å². The molecule has 0 saturated carbocycles. The maximum atomic E-state index is 4.74. The molecule has 0 fully saturated rings. The molecule has 0 aliphatic carbocycles. The summed E-state index contributed by atoms with van der Waals surface area (Å²) in [5.74, 6) is 0.521. The number of nitrogens with zero attached hydrogens (tertiary/aromatic N) is 1. The Balaban J connectivity index is 3.43. The average Bonchev–Trinajstić information content (AvgIpc) is 2.29. The van der Waals surface area contributed by atoms with E-state index in [4.69, 9.17) is 12.2 Å². The van der Waals surface area contributed by atoms with Gasteiger partial charge in [-0.25, -0.2) is 0 Å². The summed E-state index contributed by atoms with van der Waals surface area (Å²) in [6.07, 6.45) is 2.10. The number of rotatable bonds is 4. The predicted molar refractivity (Wildman–Crippen MR) is 73.9 cm³/mol. The summed E-state index contributed by atoms with van der Waals surface area (Å²) in [6, 6.07) is 4.41. The van der Waals surface area contributed by atoms with Crippen molar-refractivity contribution in [2.75, 3.05) is 0 Å². The Hall–Kier alpha value is -0.980. The molecule has 1 nitrogen and oxygen atoms in total. The molecular formula is C14H19NS. The quantitative estimate of drug-likeness (QED) is 0.537. The van der Waals surface area contributed by atoms with Crippen LogP contribution in [0.3, 0.4) is 0 Å². The minimum atomic E-state index is 0.521. The van der Waals surface area contributed by atoms with Gasteiger partial charge in [0.25, 0.3) is 0 Å². The number of aryl methyl sites for hydroxylation is 2. The van der Waals surface area contributed by atoms with E-state index in [1.807, 2.05) is 0 Å². The van der Waals surface area contributed by atoms with Crippen LogP contribution in [-0.4, -0.2) is 5.16 Å². The third-order valence-corrected chi connectivity index (χ3v) is 3.14. The maximum Gasteiger partial charge on any atom is 0.0806 e. The van der Waals surface area contributed by atoms with Crippen LogP contribution in [0, 0.1) is 6.92 Å². The smallest absolute Gasteiger partial charge is 0.0806 e. The van der Waals surface area contributed by atoms with Crippen LogP contribution in [0.4, 0.5) is 5.69 Å². The zero-order chi connectivity index (χ0) is 12.1. The SMILES string of the molecule is CCc1cc(C)cc(C(C)CC)c1N=C=S. The van der Waals surface area contributed by atoms with Gasteiger partial charge >= 0.3 is 0 Å². The molecule has 0 amide bonds. The Bertz CT molecular complexity index is 417. The van der Waals surface area contributed by atoms with Gasteiger partial charge in [0.2, 0.25) is 0 Å². The molecule has 0 spiro atoms. The van der Waals surface area contributed by atoms with E-state index in [0.29, 0.717) is 5.92 Å². The van der Waals surface area contributed by atoms with E-state index in [-0.39, 0.29) is 0 Å². The predicted octanol–water partition coefficient (Wildman–Crippen LogP) is 4.81. The third-order valence-electron chi connectivity index (χ3n) is 3.04. The topological polar surface area (TPSA) is 12.4 Å². The molecular weight excluding hydrogens is 214 g/mol. The normalized spacial score (nSPS) is 12.0. The molecule has 0 N–H and O–H groups in total. The Morgan fingerprint density at radius 1 is 1.38 bits per heavy atom. The lowest BCUT2D eigenvalue weighted by atomic mass is 9.92. The lowest BCUT2D eigenvalue weighted by Crippen LogP contribution is -1.96. The van der Waals surface area contributed by atoms with Crippen molar-refractivity contribution in [1.82, 2.24) is 0 Å². The summed E-state index contributed by atoms with van der Waals surface area (Å²) in [7, 11) is 0. The van der Waals surface area contributed by atoms with Crippen molar-refractivity contribution in [2.45, 2.75) is 46.5 Å². The first-order valence-corrected chi connectivity index (χ1v) is 6.26. The second kappa shape index (κ2) is 5.93. The van der Waals surface area contributed by atoms with Crippen LogP contribution in [0.25, 0.3) is 0 Å². The lowest BCUT2D eigenvalue weighted by Gasteiger charge is -2.15. The Labute approximate surface area is 104 Å². The number of thiocarbonyl (C=S) groups is 1. The van der Waals surface area contributed by atoms with E-state index in [2.05, 4.69) is 50.0 Å². The van der Waals surface area contributed by atoms with E-state index in [9.17, 15) is 0 Å². The van der Waals surface area contributed by atoms with Crippen LogP contribution in [0.15, 0.2) is 17.1 Å². The van der Waals surface area contributed by atoms with Gasteiger partial charge in [0.05, 0.1) is 10.8 Å². The molecule has 0 heterocycles. The fourth-order valence-electron chi connectivity index (χ4n) is 1.93. The monoisotopic (exact) mass is 233 g/mol. The first-order valence-electron chi connectivity index (χ1n) is 5.85. The van der Waals surface area contributed by atoms with E-state index in [1.165, 1.54) is 16.7 Å². The van der Waals surface area contributed by atoms with Gasteiger partial charge in [0, 0.05) is 0 Å². The molecule has 1 rings (SSSR count). The highest BCUT2D eigenvalue weighted by atomic mass is 32.1. The lowest BCUT2D eigenvalue weighted by molar-refractivity contribution is 0.732. The van der Waals surface area contributed by atoms with Crippen molar-refractivity contribution >= 4 is 23.1 Å². The zero-order valence-corrected chi connectivity index (χ0v) is 11.3. The number of benzene rings is 1. The van der Waals surface area contributed by atoms with Crippen LogP contribution in [0.2, 0.25) is 0 Å². The highest BCUT2D eigenvalue weighted by Gasteiger charge is 2.12. The largest absolute Gasteiger partial charge is 0.194 e. The van der Waals surface area contributed by atoms with Crippen molar-refractivity contribution in [3.05, 3.63) is 28.8 Å². The molecule has 1 unspecified atom stereocenters. The summed E-state index contributed by atoms with van der Waals surface area (Å²) in [4.78, 5) is 4.25. The van der Waals surface area contributed by atoms with Gasteiger partial charge in [-0.15, -0.1) is 0 Å². The molecule has 16 heavy (non-hydrogen) atoms. The molecule has 0 aliphatic heterocycles. The Morgan fingerprint density at radius 2 is 2.06 bits per heavy atom. The van der Waals surface area contributed by atoms with Gasteiger partial charge in [-0.2, -0.15) is 4.99 Å². The summed E-state index contributed by atoms with van der Waals surface area (Å²) in [6.45, 7) is 8.72. The second-order valence-corrected chi connectivity index (χ2v) is 4.41. The van der Waals surface area contributed by atoms with Gasteiger partial charge in [0.15, 0.2) is 0 Å². The number of hydrogen-bond acceptors (Lipinski definition) is 2. The van der Waals surface area contributed by atoms with Crippen LogP contribution >= 0.6 is 12.2 Å². The van der Waals surface area contributed by atoms with E-state index in [1.54, 1.807) is 0 Å². The van der Waals surface area contributed by atoms with Crippen LogP contribution < -0.4 is 0 Å². The second-order valence-electron chi connectivity index (χ2n) is 4.23. The molecule has 86 valence electrons. The van der Waals surface area contributed by atoms with Crippen LogP contribution in [-0.2, 0) is 6.42 Å². The van der Waals surface area contributed by atoms with Crippen LogP contribution in [0.5, 0.6) is 0 Å². The molecule has 1 atom stereocenters. The fourth-order valence-corrected chi connectivity index (χ4v) is 2.02. The highest BCUT2D eigenvalue weighted by Crippen LogP contribution is 2.33. The third kappa shape index (κ3) is 2.78. The summed E-state index contributed by atoms with van der Waals surface area (Å²) in [5, 5.41) is 2.51. The molecule has 0 aliphatic rings. The first-order chi connectivity index (χ1) is 7.63. The Morgan fingerprint density at radius 3 is 2.56 bits per heavy atom. The summed E-state index contributed by atoms with van der Waals surface area (Å²) in [5.41, 5.74) is 4.91. The van der Waals surface area contributed by atoms with Crippen molar-refractivity contribution in [3.8, 4) is 0 Å². The highest BCUT2D eigenvalue weighted by molar-refractivity contribution is 7.78. The van der Waals surface area contributed by atoms with Gasteiger partial charge in [-0.1, -0.05) is 38.5 Å². The van der Waals surface area contributed by atoms with Gasteiger partial charge < -0.3 is 0 Å². The minimum absolute atomic E-state index is 0.521. The zero-order valence-electron chi connectivity index (χ0n) is 10.5. The van der Waals surface area contributed by atoms with Crippen molar-refractivity contribution < 1.29 is 0 Å². The van der Waals surface area contributed by atoms with Crippen molar-refractivity contribution in [2.24, 2.45) is 4.99 Å². The van der Waals surface area contributed by atoms with Gasteiger partial charge in [-0.3, -0.25) is 0 Å². The summed E-state index contributed by atoms with van der Waals surface area (Å²) < 4.78 is 0. The number of isothiocyanates is 1. The molecule has 2 heteroatoms. The maximum absolute atomic E-state index is 4.74.